The third kappa shape index (κ3) is 2.18. The molecule has 1 unspecified atom stereocenters. The van der Waals surface area contributed by atoms with Crippen LogP contribution in [0.3, 0.4) is 0 Å². The zero-order chi connectivity index (χ0) is 10.8. The molecule has 0 saturated carbocycles. The van der Waals surface area contributed by atoms with Crippen LogP contribution in [0.1, 0.15) is 18.9 Å². The second kappa shape index (κ2) is 4.03. The van der Waals surface area contributed by atoms with Crippen molar-refractivity contribution in [2.24, 2.45) is 21.9 Å². The zero-order valence-electron chi connectivity index (χ0n) is 8.44. The summed E-state index contributed by atoms with van der Waals surface area (Å²) in [6.45, 7) is 2.09. The molecule has 1 aromatic rings. The van der Waals surface area contributed by atoms with Gasteiger partial charge in [0.15, 0.2) is 0 Å². The van der Waals surface area contributed by atoms with E-state index in [1.165, 1.54) is 0 Å². The lowest BCUT2D eigenvalue weighted by atomic mass is 9.94. The number of benzene rings is 1. The molecule has 78 valence electrons. The summed E-state index contributed by atoms with van der Waals surface area (Å²) in [7, 11) is 0. The maximum Gasteiger partial charge on any atom is 0.123 e. The van der Waals surface area contributed by atoms with Gasteiger partial charge in [-0.25, -0.2) is 0 Å². The van der Waals surface area contributed by atoms with Gasteiger partial charge in [0.25, 0.3) is 0 Å². The van der Waals surface area contributed by atoms with Gasteiger partial charge in [-0.3, -0.25) is 0 Å². The normalized spacial score (nSPS) is 20.8. The van der Waals surface area contributed by atoms with Crippen LogP contribution in [0.2, 0.25) is 5.02 Å². The molecule has 0 aliphatic carbocycles. The van der Waals surface area contributed by atoms with E-state index >= 15 is 0 Å². The quantitative estimate of drug-likeness (QED) is 0.778. The zero-order valence-corrected chi connectivity index (χ0v) is 9.20. The lowest BCUT2D eigenvalue weighted by molar-refractivity contribution is 0.783. The number of nitrogens with zero attached hydrogens (tertiary/aromatic N) is 2. The SMILES string of the molecule is CC1CC(N)=NN=C1c1ccc(Cl)cc1. The van der Waals surface area contributed by atoms with Crippen LogP contribution in [0.25, 0.3) is 0 Å². The summed E-state index contributed by atoms with van der Waals surface area (Å²) in [5.74, 6) is 0.906. The molecule has 1 heterocycles. The first-order valence-corrected chi connectivity index (χ1v) is 5.20. The molecule has 0 bridgehead atoms. The highest BCUT2D eigenvalue weighted by Gasteiger charge is 2.18. The van der Waals surface area contributed by atoms with Crippen molar-refractivity contribution in [2.75, 3.05) is 0 Å². The van der Waals surface area contributed by atoms with E-state index in [9.17, 15) is 0 Å². The van der Waals surface area contributed by atoms with Crippen molar-refractivity contribution < 1.29 is 0 Å². The minimum Gasteiger partial charge on any atom is -0.386 e. The van der Waals surface area contributed by atoms with E-state index in [4.69, 9.17) is 17.3 Å². The Kier molecular flexibility index (Phi) is 2.73. The fraction of sp³-hybridized carbons (Fsp3) is 0.273. The van der Waals surface area contributed by atoms with Gasteiger partial charge in [-0.15, -0.1) is 5.10 Å². The van der Waals surface area contributed by atoms with E-state index < -0.39 is 0 Å². The van der Waals surface area contributed by atoms with Gasteiger partial charge in [-0.1, -0.05) is 30.7 Å². The van der Waals surface area contributed by atoms with Crippen LogP contribution in [-0.4, -0.2) is 11.5 Å². The highest BCUT2D eigenvalue weighted by Crippen LogP contribution is 2.19. The Morgan fingerprint density at radius 3 is 2.53 bits per heavy atom. The first-order chi connectivity index (χ1) is 7.16. The van der Waals surface area contributed by atoms with Crippen LogP contribution in [0.4, 0.5) is 0 Å². The summed E-state index contributed by atoms with van der Waals surface area (Å²) >= 11 is 5.82. The van der Waals surface area contributed by atoms with Crippen molar-refractivity contribution in [1.82, 2.24) is 0 Å². The summed E-state index contributed by atoms with van der Waals surface area (Å²) < 4.78 is 0. The van der Waals surface area contributed by atoms with Crippen molar-refractivity contribution in [3.63, 3.8) is 0 Å². The predicted molar refractivity (Wildman–Crippen MR) is 63.4 cm³/mol. The van der Waals surface area contributed by atoms with Crippen molar-refractivity contribution in [2.45, 2.75) is 13.3 Å². The Bertz CT molecular complexity index is 420. The number of amidine groups is 1. The molecule has 0 saturated heterocycles. The second-order valence-corrected chi connectivity index (χ2v) is 4.13. The van der Waals surface area contributed by atoms with E-state index in [1.807, 2.05) is 24.3 Å². The molecular weight excluding hydrogens is 210 g/mol. The maximum absolute atomic E-state index is 5.82. The third-order valence-electron chi connectivity index (χ3n) is 2.41. The largest absolute Gasteiger partial charge is 0.386 e. The van der Waals surface area contributed by atoms with E-state index in [2.05, 4.69) is 17.1 Å². The van der Waals surface area contributed by atoms with Crippen LogP contribution < -0.4 is 5.73 Å². The summed E-state index contributed by atoms with van der Waals surface area (Å²) in [5, 5.41) is 8.77. The minimum absolute atomic E-state index is 0.309. The average molecular weight is 222 g/mol. The predicted octanol–water partition coefficient (Wildman–Crippen LogP) is 2.44. The third-order valence-corrected chi connectivity index (χ3v) is 2.66. The molecule has 0 radical (unpaired) electrons. The highest BCUT2D eigenvalue weighted by molar-refractivity contribution is 6.30. The molecule has 2 rings (SSSR count). The first kappa shape index (κ1) is 10.2. The maximum atomic E-state index is 5.82. The molecule has 15 heavy (non-hydrogen) atoms. The fourth-order valence-corrected chi connectivity index (χ4v) is 1.76. The topological polar surface area (TPSA) is 50.7 Å². The van der Waals surface area contributed by atoms with Crippen molar-refractivity contribution in [3.8, 4) is 0 Å². The molecule has 2 N–H and O–H groups in total. The second-order valence-electron chi connectivity index (χ2n) is 3.69. The average Bonchev–Trinajstić information content (AvgIpc) is 2.20. The highest BCUT2D eigenvalue weighted by atomic mass is 35.5. The van der Waals surface area contributed by atoms with Gasteiger partial charge in [0, 0.05) is 17.4 Å². The molecule has 1 aliphatic rings. The van der Waals surface area contributed by atoms with E-state index in [0.717, 1.165) is 22.7 Å². The van der Waals surface area contributed by atoms with Crippen LogP contribution in [0, 0.1) is 5.92 Å². The van der Waals surface area contributed by atoms with Crippen LogP contribution in [0.5, 0.6) is 0 Å². The number of rotatable bonds is 1. The number of hydrogen-bond acceptors (Lipinski definition) is 3. The molecule has 0 amide bonds. The van der Waals surface area contributed by atoms with E-state index in [1.54, 1.807) is 0 Å². The molecule has 1 atom stereocenters. The molecular formula is C11H12ClN3. The van der Waals surface area contributed by atoms with Crippen molar-refractivity contribution >= 4 is 23.1 Å². The van der Waals surface area contributed by atoms with Gasteiger partial charge >= 0.3 is 0 Å². The van der Waals surface area contributed by atoms with Gasteiger partial charge < -0.3 is 5.73 Å². The monoisotopic (exact) mass is 221 g/mol. The van der Waals surface area contributed by atoms with Gasteiger partial charge in [-0.2, -0.15) is 5.10 Å². The van der Waals surface area contributed by atoms with Crippen molar-refractivity contribution in [3.05, 3.63) is 34.9 Å². The van der Waals surface area contributed by atoms with Gasteiger partial charge in [0.05, 0.1) is 5.71 Å². The molecule has 0 aromatic heterocycles. The standard InChI is InChI=1S/C11H12ClN3/c1-7-6-10(13)14-15-11(7)8-2-4-9(12)5-3-8/h2-5,7H,6H2,1H3,(H2,13,14). The van der Waals surface area contributed by atoms with E-state index in [-0.39, 0.29) is 0 Å². The Labute approximate surface area is 93.7 Å². The van der Waals surface area contributed by atoms with Gasteiger partial charge in [-0.05, 0) is 17.7 Å². The van der Waals surface area contributed by atoms with Crippen LogP contribution in [0.15, 0.2) is 34.5 Å². The lowest BCUT2D eigenvalue weighted by Gasteiger charge is -2.17. The fourth-order valence-electron chi connectivity index (χ4n) is 1.63. The number of hydrogen-bond donors (Lipinski definition) is 1. The molecule has 1 aromatic carbocycles. The summed E-state index contributed by atoms with van der Waals surface area (Å²) in [5.41, 5.74) is 7.64. The Balaban J connectivity index is 2.35. The number of halogens is 1. The van der Waals surface area contributed by atoms with Gasteiger partial charge in [0.2, 0.25) is 0 Å². The molecule has 4 heteroatoms. The number of nitrogens with two attached hydrogens (primary N) is 1. The smallest absolute Gasteiger partial charge is 0.123 e. The molecule has 3 nitrogen and oxygen atoms in total. The van der Waals surface area contributed by atoms with Gasteiger partial charge in [0.1, 0.15) is 5.84 Å². The van der Waals surface area contributed by atoms with E-state index in [0.29, 0.717) is 11.8 Å². The Morgan fingerprint density at radius 2 is 1.93 bits per heavy atom. The minimum atomic E-state index is 0.309. The molecule has 0 fully saturated rings. The van der Waals surface area contributed by atoms with Crippen LogP contribution in [-0.2, 0) is 0 Å². The first-order valence-electron chi connectivity index (χ1n) is 4.82. The van der Waals surface area contributed by atoms with Crippen molar-refractivity contribution in [1.29, 1.82) is 0 Å². The lowest BCUT2D eigenvalue weighted by Crippen LogP contribution is -2.25. The Hall–Kier alpha value is -1.35. The molecule has 1 aliphatic heterocycles. The Morgan fingerprint density at radius 1 is 1.27 bits per heavy atom. The van der Waals surface area contributed by atoms with Crippen LogP contribution >= 0.6 is 11.6 Å². The molecule has 0 spiro atoms. The summed E-state index contributed by atoms with van der Waals surface area (Å²) in [6, 6.07) is 7.62. The summed E-state index contributed by atoms with van der Waals surface area (Å²) in [6.07, 6.45) is 0.765. The summed E-state index contributed by atoms with van der Waals surface area (Å²) in [4.78, 5) is 0.